The molecule has 0 aliphatic heterocycles. The lowest BCUT2D eigenvalue weighted by Crippen LogP contribution is -2.49. The summed E-state index contributed by atoms with van der Waals surface area (Å²) in [5.74, 6) is -0.124. The Morgan fingerprint density at radius 1 is 0.811 bits per heavy atom. The van der Waals surface area contributed by atoms with E-state index in [4.69, 9.17) is 18.9 Å². The third-order valence-corrected chi connectivity index (χ3v) is 6.69. The summed E-state index contributed by atoms with van der Waals surface area (Å²) in [5.41, 5.74) is 5.24. The Bertz CT molecular complexity index is 890. The van der Waals surface area contributed by atoms with Gasteiger partial charge in [0.25, 0.3) is 5.97 Å². The second-order valence-electron chi connectivity index (χ2n) is 9.49. The number of benzene rings is 2. The van der Waals surface area contributed by atoms with Crippen molar-refractivity contribution in [1.82, 2.24) is 0 Å². The van der Waals surface area contributed by atoms with E-state index < -0.39 is 5.97 Å². The maximum absolute atomic E-state index is 6.54. The number of unbranched alkanes of at least 4 members (excludes halogenated alkanes) is 5. The molecule has 0 saturated carbocycles. The molecule has 0 bridgehead atoms. The van der Waals surface area contributed by atoms with Gasteiger partial charge in [0.1, 0.15) is 5.75 Å². The Morgan fingerprint density at radius 2 is 1.41 bits per heavy atom. The van der Waals surface area contributed by atoms with Crippen molar-refractivity contribution in [1.29, 1.82) is 0 Å². The van der Waals surface area contributed by atoms with Gasteiger partial charge >= 0.3 is 0 Å². The fourth-order valence-corrected chi connectivity index (χ4v) is 5.07. The molecule has 0 N–H and O–H groups in total. The first-order valence-corrected chi connectivity index (χ1v) is 14.4. The summed E-state index contributed by atoms with van der Waals surface area (Å²) >= 11 is 0. The number of fused-ring (bicyclic) bond motifs is 3. The molecular weight excluding hydrogens is 460 g/mol. The molecule has 0 heterocycles. The van der Waals surface area contributed by atoms with Crippen molar-refractivity contribution in [3.8, 4) is 16.9 Å². The summed E-state index contributed by atoms with van der Waals surface area (Å²) in [6.07, 6.45) is 11.1. The molecular formula is C33H50O4. The van der Waals surface area contributed by atoms with E-state index in [9.17, 15) is 0 Å². The molecule has 2 aromatic rings. The summed E-state index contributed by atoms with van der Waals surface area (Å²) in [4.78, 5) is 0. The Labute approximate surface area is 226 Å². The highest BCUT2D eigenvalue weighted by atomic mass is 16.9. The predicted octanol–water partition coefficient (Wildman–Crippen LogP) is 8.96. The minimum absolute atomic E-state index is 0.0156. The van der Waals surface area contributed by atoms with Crippen LogP contribution in [0.25, 0.3) is 11.1 Å². The number of rotatable bonds is 17. The van der Waals surface area contributed by atoms with Gasteiger partial charge in [-0.3, -0.25) is 0 Å². The van der Waals surface area contributed by atoms with Crippen LogP contribution < -0.4 is 4.74 Å². The first kappa shape index (κ1) is 31.1. The zero-order valence-electron chi connectivity index (χ0n) is 24.0. The van der Waals surface area contributed by atoms with Crippen molar-refractivity contribution >= 4 is 0 Å². The Hall–Kier alpha value is -2.14. The minimum Gasteiger partial charge on any atom is -0.493 e. The van der Waals surface area contributed by atoms with Crippen molar-refractivity contribution in [2.45, 2.75) is 92.0 Å². The largest absolute Gasteiger partial charge is 0.493 e. The van der Waals surface area contributed by atoms with Crippen LogP contribution in [0.3, 0.4) is 0 Å². The molecule has 37 heavy (non-hydrogen) atoms. The van der Waals surface area contributed by atoms with E-state index in [0.29, 0.717) is 26.4 Å². The fraction of sp³-hybridized carbons (Fsp3) is 0.576. The van der Waals surface area contributed by atoms with Crippen LogP contribution in [0, 0.1) is 5.92 Å². The van der Waals surface area contributed by atoms with Crippen LogP contribution in [0.1, 0.15) is 90.7 Å². The molecule has 1 aliphatic carbocycles. The average molecular weight is 511 g/mol. The Morgan fingerprint density at radius 3 is 2.05 bits per heavy atom. The first-order valence-electron chi connectivity index (χ1n) is 14.4. The van der Waals surface area contributed by atoms with Crippen molar-refractivity contribution in [3.05, 3.63) is 66.2 Å². The van der Waals surface area contributed by atoms with Gasteiger partial charge in [-0.15, -0.1) is 6.58 Å². The molecule has 206 valence electrons. The lowest BCUT2D eigenvalue weighted by atomic mass is 9.98. The van der Waals surface area contributed by atoms with E-state index in [-0.39, 0.29) is 5.92 Å². The van der Waals surface area contributed by atoms with Gasteiger partial charge in [0, 0.05) is 31.8 Å². The molecule has 1 unspecified atom stereocenters. The maximum atomic E-state index is 6.54. The van der Waals surface area contributed by atoms with Gasteiger partial charge in [0.05, 0.1) is 12.5 Å². The zero-order chi connectivity index (χ0) is 26.9. The maximum Gasteiger partial charge on any atom is 0.289 e. The quantitative estimate of drug-likeness (QED) is 0.103. The van der Waals surface area contributed by atoms with Gasteiger partial charge in [0.15, 0.2) is 0 Å². The standard InChI is InChI=1S/C30H44O4.C3H6/c1-5-9-10-11-12-13-18-25(30(32-6-2,33-7-3)34-8-4)23-31-29-21-16-20-27-26-19-15-14-17-24(26)22-28(27)29;1-3-2/h14-17,19-21,25H,5-13,18,22-23H2,1-4H3;3H,1H2,2H3. The van der Waals surface area contributed by atoms with Crippen molar-refractivity contribution in [2.24, 2.45) is 5.92 Å². The fourth-order valence-electron chi connectivity index (χ4n) is 5.07. The molecule has 0 spiro atoms. The molecule has 4 heteroatoms. The van der Waals surface area contributed by atoms with Crippen molar-refractivity contribution in [2.75, 3.05) is 26.4 Å². The van der Waals surface area contributed by atoms with Crippen LogP contribution in [0.4, 0.5) is 0 Å². The number of hydrogen-bond donors (Lipinski definition) is 0. The van der Waals surface area contributed by atoms with Gasteiger partial charge in [-0.1, -0.05) is 87.9 Å². The predicted molar refractivity (Wildman–Crippen MR) is 155 cm³/mol. The lowest BCUT2D eigenvalue weighted by molar-refractivity contribution is -0.404. The van der Waals surface area contributed by atoms with Crippen molar-refractivity contribution in [3.63, 3.8) is 0 Å². The summed E-state index contributed by atoms with van der Waals surface area (Å²) in [6, 6.07) is 15.0. The molecule has 0 saturated heterocycles. The van der Waals surface area contributed by atoms with E-state index in [2.05, 4.69) is 56.0 Å². The molecule has 4 nitrogen and oxygen atoms in total. The molecule has 0 amide bonds. The summed E-state index contributed by atoms with van der Waals surface area (Å²) < 4.78 is 25.1. The smallest absolute Gasteiger partial charge is 0.289 e. The van der Waals surface area contributed by atoms with E-state index in [0.717, 1.165) is 25.0 Å². The summed E-state index contributed by atoms with van der Waals surface area (Å²) in [5, 5.41) is 0. The van der Waals surface area contributed by atoms with Gasteiger partial charge in [-0.25, -0.2) is 0 Å². The third-order valence-electron chi connectivity index (χ3n) is 6.69. The van der Waals surface area contributed by atoms with Crippen LogP contribution in [0.2, 0.25) is 0 Å². The molecule has 1 atom stereocenters. The van der Waals surface area contributed by atoms with Crippen LogP contribution in [0.5, 0.6) is 5.75 Å². The summed E-state index contributed by atoms with van der Waals surface area (Å²) in [7, 11) is 0. The number of ether oxygens (including phenoxy) is 4. The Balaban J connectivity index is 0.00000153. The topological polar surface area (TPSA) is 36.9 Å². The van der Waals surface area contributed by atoms with Crippen LogP contribution >= 0.6 is 0 Å². The zero-order valence-corrected chi connectivity index (χ0v) is 24.0. The van der Waals surface area contributed by atoms with Gasteiger partial charge in [-0.05, 0) is 56.9 Å². The van der Waals surface area contributed by atoms with Crippen LogP contribution in [-0.4, -0.2) is 32.4 Å². The SMILES string of the molecule is C=CC.CCCCCCCCC(COc1cccc2c1Cc1ccccc1-2)C(OCC)(OCC)OCC. The third kappa shape index (κ3) is 8.98. The van der Waals surface area contributed by atoms with Crippen molar-refractivity contribution < 1.29 is 18.9 Å². The van der Waals surface area contributed by atoms with Gasteiger partial charge < -0.3 is 18.9 Å². The Kier molecular flexibility index (Phi) is 14.6. The highest BCUT2D eigenvalue weighted by Crippen LogP contribution is 2.41. The monoisotopic (exact) mass is 510 g/mol. The van der Waals surface area contributed by atoms with Gasteiger partial charge in [0.2, 0.25) is 0 Å². The molecule has 1 aliphatic rings. The van der Waals surface area contributed by atoms with E-state index >= 15 is 0 Å². The van der Waals surface area contributed by atoms with E-state index in [1.165, 1.54) is 54.4 Å². The lowest BCUT2D eigenvalue weighted by Gasteiger charge is -2.39. The average Bonchev–Trinajstić information content (AvgIpc) is 3.28. The van der Waals surface area contributed by atoms with Crippen LogP contribution in [-0.2, 0) is 20.6 Å². The van der Waals surface area contributed by atoms with E-state index in [1.807, 2.05) is 27.7 Å². The highest BCUT2D eigenvalue weighted by molar-refractivity contribution is 5.78. The molecule has 0 radical (unpaired) electrons. The second-order valence-corrected chi connectivity index (χ2v) is 9.49. The van der Waals surface area contributed by atoms with Gasteiger partial charge in [-0.2, -0.15) is 0 Å². The molecule has 0 fully saturated rings. The molecule has 3 rings (SSSR count). The molecule has 2 aromatic carbocycles. The first-order chi connectivity index (χ1) is 18.1. The van der Waals surface area contributed by atoms with Crippen LogP contribution in [0.15, 0.2) is 55.1 Å². The summed E-state index contributed by atoms with van der Waals surface area (Å²) in [6.45, 7) is 15.6. The molecule has 0 aromatic heterocycles. The van der Waals surface area contributed by atoms with E-state index in [1.54, 1.807) is 6.08 Å². The second kappa shape index (κ2) is 17.4. The minimum atomic E-state index is -1.07. The highest BCUT2D eigenvalue weighted by Gasteiger charge is 2.42. The number of hydrogen-bond acceptors (Lipinski definition) is 4. The number of allylic oxidation sites excluding steroid dienone is 1. The normalized spacial score (nSPS) is 12.8.